The molecule has 2 aromatic carbocycles. The lowest BCUT2D eigenvalue weighted by Gasteiger charge is -2.49. The van der Waals surface area contributed by atoms with Gasteiger partial charge in [-0.25, -0.2) is 0 Å². The second kappa shape index (κ2) is 12.8. The summed E-state index contributed by atoms with van der Waals surface area (Å²) in [5.74, 6) is -3.30. The lowest BCUT2D eigenvalue weighted by molar-refractivity contribution is -0.173. The number of aliphatic hydroxyl groups is 1. The molecule has 4 fully saturated rings. The van der Waals surface area contributed by atoms with Crippen LogP contribution in [0.25, 0.3) is 10.9 Å². The summed E-state index contributed by atoms with van der Waals surface area (Å²) >= 11 is 6.36. The molecule has 2 heterocycles. The number of likely N-dealkylation sites (tertiary alicyclic amines) is 1. The van der Waals surface area contributed by atoms with Gasteiger partial charge in [-0.3, -0.25) is 28.8 Å². The highest BCUT2D eigenvalue weighted by Gasteiger charge is 2.66. The van der Waals surface area contributed by atoms with Gasteiger partial charge in [-0.1, -0.05) is 48.0 Å². The van der Waals surface area contributed by atoms with E-state index in [0.717, 1.165) is 22.0 Å². The Hall–Kier alpha value is -4.55. The van der Waals surface area contributed by atoms with E-state index in [2.05, 4.69) is 15.6 Å². The van der Waals surface area contributed by atoms with Crippen LogP contribution in [0, 0.1) is 10.8 Å². The minimum Gasteiger partial charge on any atom is -0.391 e. The molecule has 3 saturated carbocycles. The normalized spacial score (nSPS) is 25.6. The van der Waals surface area contributed by atoms with Crippen LogP contribution in [-0.4, -0.2) is 93.9 Å². The van der Waals surface area contributed by atoms with Crippen LogP contribution in [0.2, 0.25) is 5.02 Å². The maximum absolute atomic E-state index is 14.2. The zero-order chi connectivity index (χ0) is 34.4. The predicted molar refractivity (Wildman–Crippen MR) is 175 cm³/mol. The second-order valence-corrected chi connectivity index (χ2v) is 13.6. The molecule has 13 heteroatoms. The number of nitrogens with one attached hydrogen (secondary N) is 3. The van der Waals surface area contributed by atoms with Gasteiger partial charge in [0.25, 0.3) is 0 Å². The van der Waals surface area contributed by atoms with E-state index in [0.29, 0.717) is 5.02 Å². The molecule has 3 aliphatic carbocycles. The Labute approximate surface area is 282 Å². The summed E-state index contributed by atoms with van der Waals surface area (Å²) in [4.78, 5) is 87.4. The number of nitrogens with zero attached hydrogens (tertiary/aromatic N) is 2. The molecule has 1 aliphatic heterocycles. The number of para-hydroxylation sites is 1. The van der Waals surface area contributed by atoms with Gasteiger partial charge in [0.1, 0.15) is 34.5 Å². The summed E-state index contributed by atoms with van der Waals surface area (Å²) in [6.07, 6.45) is -0.0573. The zero-order valence-electron chi connectivity index (χ0n) is 26.8. The molecule has 0 spiro atoms. The minimum atomic E-state index is -1.70. The topological polar surface area (TPSA) is 169 Å². The van der Waals surface area contributed by atoms with Gasteiger partial charge in [0.05, 0.1) is 6.10 Å². The molecule has 0 radical (unpaired) electrons. The van der Waals surface area contributed by atoms with Crippen molar-refractivity contribution in [2.24, 2.45) is 10.8 Å². The van der Waals surface area contributed by atoms with Gasteiger partial charge in [-0.2, -0.15) is 0 Å². The lowest BCUT2D eigenvalue weighted by Crippen LogP contribution is -2.65. The molecule has 7 rings (SSSR count). The number of ketones is 2. The van der Waals surface area contributed by atoms with E-state index in [-0.39, 0.29) is 45.2 Å². The fraction of sp³-hybridized carbons (Fsp3) is 0.429. The number of rotatable bonds is 9. The van der Waals surface area contributed by atoms with Crippen molar-refractivity contribution in [1.29, 1.82) is 0 Å². The Morgan fingerprint density at radius 2 is 1.69 bits per heavy atom. The number of hydrogen-bond acceptors (Lipinski definition) is 7. The van der Waals surface area contributed by atoms with Crippen LogP contribution in [0.4, 0.5) is 0 Å². The van der Waals surface area contributed by atoms with Crippen LogP contribution in [0.3, 0.4) is 0 Å². The standard InChI is InChI=1S/C35H38ClN5O7/c1-37-32(47)34-11-12-35(16-28(34)43,29(44)15-34)33(48)41-19-22(42)14-27(41)30(45)39-26(13-21-17-38-25-10-6-4-8-23(21)25)31(46)40(2)18-20-7-3-5-9-24(20)36/h3-10,17,22,26-27,38,42H,11-16,18-19H2,1-2H3,(H,37,47)(H,39,45)/t22-,26?,27?,34?,35?/m1/s1. The molecule has 4 unspecified atom stereocenters. The highest BCUT2D eigenvalue weighted by molar-refractivity contribution is 6.31. The highest BCUT2D eigenvalue weighted by Crippen LogP contribution is 2.54. The van der Waals surface area contributed by atoms with Gasteiger partial charge in [0.2, 0.25) is 23.6 Å². The van der Waals surface area contributed by atoms with Gasteiger partial charge in [-0.15, -0.1) is 0 Å². The van der Waals surface area contributed by atoms with Crippen molar-refractivity contribution < 1.29 is 33.9 Å². The number of hydrogen-bond donors (Lipinski definition) is 4. The molecule has 3 aromatic rings. The molecule has 4 amide bonds. The first-order valence-electron chi connectivity index (χ1n) is 16.0. The quantitative estimate of drug-likeness (QED) is 0.251. The largest absolute Gasteiger partial charge is 0.391 e. The third-order valence-corrected chi connectivity index (χ3v) is 10.7. The number of halogens is 1. The van der Waals surface area contributed by atoms with Crippen molar-refractivity contribution in [2.45, 2.75) is 63.3 Å². The summed E-state index contributed by atoms with van der Waals surface area (Å²) < 4.78 is 0. The number of aliphatic hydroxyl groups excluding tert-OH is 1. The number of Topliss-reactive ketones (excluding diaryl/α,β-unsaturated/α-hetero) is 2. The summed E-state index contributed by atoms with van der Waals surface area (Å²) in [7, 11) is 3.01. The molecule has 12 nitrogen and oxygen atoms in total. The van der Waals surface area contributed by atoms with Gasteiger partial charge in [0.15, 0.2) is 0 Å². The highest BCUT2D eigenvalue weighted by atomic mass is 35.5. The monoisotopic (exact) mass is 675 g/mol. The number of aromatic nitrogens is 1. The van der Waals surface area contributed by atoms with Crippen molar-refractivity contribution in [3.8, 4) is 0 Å². The average Bonchev–Trinajstić information content (AvgIpc) is 3.68. The first-order chi connectivity index (χ1) is 22.9. The van der Waals surface area contributed by atoms with E-state index in [1.165, 1.54) is 16.8 Å². The summed E-state index contributed by atoms with van der Waals surface area (Å²) in [6, 6.07) is 12.5. The Balaban J connectivity index is 1.25. The number of amides is 4. The molecule has 5 atom stereocenters. The van der Waals surface area contributed by atoms with Crippen molar-refractivity contribution in [1.82, 2.24) is 25.4 Å². The third kappa shape index (κ3) is 5.66. The third-order valence-electron chi connectivity index (χ3n) is 10.3. The van der Waals surface area contributed by atoms with Gasteiger partial charge in [-0.05, 0) is 36.1 Å². The van der Waals surface area contributed by atoms with Crippen LogP contribution in [0.1, 0.15) is 43.2 Å². The molecule has 4 aliphatic rings. The Bertz CT molecular complexity index is 1830. The molecule has 4 N–H and O–H groups in total. The number of β-amino-alcohol motifs (C(OH)–C–C–N with tert-alkyl or cyclic N) is 1. The smallest absolute Gasteiger partial charge is 0.245 e. The fourth-order valence-electron chi connectivity index (χ4n) is 7.60. The van der Waals surface area contributed by atoms with E-state index in [1.54, 1.807) is 25.4 Å². The van der Waals surface area contributed by atoms with E-state index in [9.17, 15) is 33.9 Å². The van der Waals surface area contributed by atoms with Gasteiger partial charge in [0, 0.05) is 75.0 Å². The van der Waals surface area contributed by atoms with E-state index in [1.807, 2.05) is 36.4 Å². The van der Waals surface area contributed by atoms with Crippen LogP contribution < -0.4 is 10.6 Å². The van der Waals surface area contributed by atoms with Crippen LogP contribution in [0.5, 0.6) is 0 Å². The van der Waals surface area contributed by atoms with Crippen molar-refractivity contribution in [2.75, 3.05) is 20.6 Å². The van der Waals surface area contributed by atoms with E-state index in [4.69, 9.17) is 11.6 Å². The first kappa shape index (κ1) is 33.4. The van der Waals surface area contributed by atoms with Crippen LogP contribution in [-0.2, 0) is 41.7 Å². The molecule has 48 heavy (non-hydrogen) atoms. The number of carbonyl (C=O) groups is 6. The Kier molecular flexibility index (Phi) is 8.90. The Morgan fingerprint density at radius 1 is 1.02 bits per heavy atom. The zero-order valence-corrected chi connectivity index (χ0v) is 27.5. The van der Waals surface area contributed by atoms with Crippen molar-refractivity contribution >= 4 is 57.7 Å². The SMILES string of the molecule is CNC(=O)C12CCC(C(=O)N3C[C@H](O)CC3C(=O)NC(Cc3c[nH]c4ccccc34)C(=O)N(C)Cc3ccccc3Cl)(CC1=O)C(=O)C2. The molecule has 1 aromatic heterocycles. The van der Waals surface area contributed by atoms with Crippen LogP contribution >= 0.6 is 11.6 Å². The number of carbonyl (C=O) groups excluding carboxylic acids is 6. The molecule has 252 valence electrons. The summed E-state index contributed by atoms with van der Waals surface area (Å²) in [5, 5.41) is 17.4. The number of likely N-dealkylation sites (N-methyl/N-ethyl adjacent to an activating group) is 1. The van der Waals surface area contributed by atoms with E-state index >= 15 is 0 Å². The van der Waals surface area contributed by atoms with Crippen molar-refractivity contribution in [3.05, 3.63) is 70.9 Å². The fourth-order valence-corrected chi connectivity index (χ4v) is 7.80. The number of fused-ring (bicyclic) bond motifs is 4. The molecular weight excluding hydrogens is 638 g/mol. The number of aromatic amines is 1. The predicted octanol–water partition coefficient (Wildman–Crippen LogP) is 1.91. The Morgan fingerprint density at radius 3 is 2.40 bits per heavy atom. The summed E-state index contributed by atoms with van der Waals surface area (Å²) in [5.41, 5.74) is -0.807. The van der Waals surface area contributed by atoms with Gasteiger partial charge < -0.3 is 30.5 Å². The minimum absolute atomic E-state index is 0.0146. The molecular formula is C35H38ClN5O7. The molecule has 2 bridgehead atoms. The number of H-pyrrole nitrogens is 1. The van der Waals surface area contributed by atoms with E-state index < -0.39 is 70.6 Å². The maximum atomic E-state index is 14.2. The number of benzene rings is 2. The summed E-state index contributed by atoms with van der Waals surface area (Å²) in [6.45, 7) is -0.0318. The van der Waals surface area contributed by atoms with Crippen LogP contribution in [0.15, 0.2) is 54.7 Å². The molecule has 1 saturated heterocycles. The van der Waals surface area contributed by atoms with Crippen molar-refractivity contribution in [3.63, 3.8) is 0 Å². The first-order valence-corrected chi connectivity index (χ1v) is 16.4. The lowest BCUT2D eigenvalue weighted by atomic mass is 9.51. The average molecular weight is 676 g/mol. The van der Waals surface area contributed by atoms with Gasteiger partial charge >= 0.3 is 0 Å². The second-order valence-electron chi connectivity index (χ2n) is 13.2. The maximum Gasteiger partial charge on any atom is 0.245 e.